The SMILES string of the molecule is CCCCN(C(=O)C(F)(F)F)c1n[nH]c2cc(-c3ccc(O)c(O)c3)ccc12. The van der Waals surface area contributed by atoms with Gasteiger partial charge in [0.05, 0.1) is 5.52 Å². The highest BCUT2D eigenvalue weighted by atomic mass is 19.4. The number of halogens is 3. The average Bonchev–Trinajstić information content (AvgIpc) is 3.06. The molecule has 0 unspecified atom stereocenters. The van der Waals surface area contributed by atoms with Gasteiger partial charge < -0.3 is 10.2 Å². The number of hydrogen-bond donors (Lipinski definition) is 3. The summed E-state index contributed by atoms with van der Waals surface area (Å²) in [5, 5.41) is 26.1. The molecule has 28 heavy (non-hydrogen) atoms. The van der Waals surface area contributed by atoms with Crippen molar-refractivity contribution in [3.63, 3.8) is 0 Å². The van der Waals surface area contributed by atoms with Crippen molar-refractivity contribution in [2.45, 2.75) is 25.9 Å². The highest BCUT2D eigenvalue weighted by Crippen LogP contribution is 2.34. The molecule has 3 aromatic rings. The average molecular weight is 393 g/mol. The van der Waals surface area contributed by atoms with E-state index in [0.717, 1.165) is 0 Å². The number of H-pyrrole nitrogens is 1. The first kappa shape index (κ1) is 19.5. The van der Waals surface area contributed by atoms with Crippen LogP contribution in [0.2, 0.25) is 0 Å². The molecule has 0 fully saturated rings. The second-order valence-electron chi connectivity index (χ2n) is 6.32. The molecule has 1 aromatic heterocycles. The molecular formula is C19H18F3N3O3. The number of benzene rings is 2. The summed E-state index contributed by atoms with van der Waals surface area (Å²) >= 11 is 0. The number of alkyl halides is 3. The molecule has 0 bridgehead atoms. The van der Waals surface area contributed by atoms with E-state index < -0.39 is 12.1 Å². The van der Waals surface area contributed by atoms with Crippen molar-refractivity contribution in [3.8, 4) is 22.6 Å². The predicted octanol–water partition coefficient (Wildman–Crippen LogP) is 4.34. The molecule has 148 valence electrons. The first-order valence-electron chi connectivity index (χ1n) is 8.61. The van der Waals surface area contributed by atoms with E-state index in [9.17, 15) is 28.2 Å². The van der Waals surface area contributed by atoms with Crippen LogP contribution in [0, 0.1) is 0 Å². The van der Waals surface area contributed by atoms with Gasteiger partial charge in [-0.3, -0.25) is 14.8 Å². The van der Waals surface area contributed by atoms with Crippen molar-refractivity contribution < 1.29 is 28.2 Å². The quantitative estimate of drug-likeness (QED) is 0.563. The van der Waals surface area contributed by atoms with Crippen LogP contribution in [0.1, 0.15) is 19.8 Å². The van der Waals surface area contributed by atoms with Crippen LogP contribution in [0.5, 0.6) is 11.5 Å². The number of nitrogens with zero attached hydrogens (tertiary/aromatic N) is 2. The Morgan fingerprint density at radius 2 is 1.79 bits per heavy atom. The lowest BCUT2D eigenvalue weighted by Crippen LogP contribution is -2.42. The Labute approximate surface area is 158 Å². The Bertz CT molecular complexity index is 1010. The van der Waals surface area contributed by atoms with Gasteiger partial charge in [-0.15, -0.1) is 0 Å². The molecule has 6 nitrogen and oxygen atoms in total. The molecule has 2 aromatic carbocycles. The molecule has 0 saturated heterocycles. The standard InChI is InChI=1S/C19H18F3N3O3/c1-2-3-8-25(18(28)19(20,21)22)17-13-6-4-11(9-14(13)23-24-17)12-5-7-15(26)16(27)10-12/h4-7,9-10,26-27H,2-3,8H2,1H3,(H,23,24). The van der Waals surface area contributed by atoms with E-state index in [-0.39, 0.29) is 23.9 Å². The second-order valence-corrected chi connectivity index (χ2v) is 6.32. The Kier molecular flexibility index (Phi) is 5.17. The third-order valence-corrected chi connectivity index (χ3v) is 4.33. The fourth-order valence-corrected chi connectivity index (χ4v) is 2.87. The zero-order valence-electron chi connectivity index (χ0n) is 14.9. The molecule has 3 N–H and O–H groups in total. The maximum absolute atomic E-state index is 13.0. The highest BCUT2D eigenvalue weighted by molar-refractivity contribution is 6.04. The fourth-order valence-electron chi connectivity index (χ4n) is 2.87. The number of rotatable bonds is 5. The van der Waals surface area contributed by atoms with E-state index in [1.54, 1.807) is 24.3 Å². The van der Waals surface area contributed by atoms with E-state index in [1.165, 1.54) is 12.1 Å². The summed E-state index contributed by atoms with van der Waals surface area (Å²) in [5.74, 6) is -2.58. The molecule has 0 radical (unpaired) electrons. The lowest BCUT2D eigenvalue weighted by Gasteiger charge is -2.21. The Hall–Kier alpha value is -3.23. The molecule has 0 aliphatic rings. The van der Waals surface area contributed by atoms with Crippen molar-refractivity contribution in [1.29, 1.82) is 0 Å². The molecule has 0 aliphatic carbocycles. The predicted molar refractivity (Wildman–Crippen MR) is 98.2 cm³/mol. The molecule has 0 atom stereocenters. The van der Waals surface area contributed by atoms with Crippen molar-refractivity contribution in [3.05, 3.63) is 36.4 Å². The van der Waals surface area contributed by atoms with Gasteiger partial charge in [0.25, 0.3) is 0 Å². The van der Waals surface area contributed by atoms with Crippen LogP contribution in [0.15, 0.2) is 36.4 Å². The number of aromatic amines is 1. The number of carbonyl (C=O) groups excluding carboxylic acids is 1. The largest absolute Gasteiger partial charge is 0.504 e. The van der Waals surface area contributed by atoms with Crippen LogP contribution in [0.25, 0.3) is 22.0 Å². The van der Waals surface area contributed by atoms with Crippen molar-refractivity contribution in [2.75, 3.05) is 11.4 Å². The normalized spacial score (nSPS) is 11.7. The third kappa shape index (κ3) is 3.73. The van der Waals surface area contributed by atoms with Crippen LogP contribution in [-0.4, -0.2) is 39.0 Å². The number of anilines is 1. The third-order valence-electron chi connectivity index (χ3n) is 4.33. The smallest absolute Gasteiger partial charge is 0.471 e. The monoisotopic (exact) mass is 393 g/mol. The zero-order valence-corrected chi connectivity index (χ0v) is 14.9. The first-order valence-corrected chi connectivity index (χ1v) is 8.61. The second kappa shape index (κ2) is 7.41. The van der Waals surface area contributed by atoms with Crippen LogP contribution in [0.3, 0.4) is 0 Å². The minimum atomic E-state index is -5.00. The number of aromatic nitrogens is 2. The number of aromatic hydroxyl groups is 2. The Morgan fingerprint density at radius 3 is 2.43 bits per heavy atom. The fraction of sp³-hybridized carbons (Fsp3) is 0.263. The van der Waals surface area contributed by atoms with Crippen molar-refractivity contribution >= 4 is 22.6 Å². The minimum absolute atomic E-state index is 0.0779. The number of hydrogen-bond acceptors (Lipinski definition) is 4. The lowest BCUT2D eigenvalue weighted by atomic mass is 10.0. The topological polar surface area (TPSA) is 89.5 Å². The van der Waals surface area contributed by atoms with Gasteiger partial charge in [-0.2, -0.15) is 18.3 Å². The molecule has 0 aliphatic heterocycles. The van der Waals surface area contributed by atoms with E-state index >= 15 is 0 Å². The number of amides is 1. The maximum Gasteiger partial charge on any atom is 0.471 e. The summed E-state index contributed by atoms with van der Waals surface area (Å²) < 4.78 is 39.0. The Balaban J connectivity index is 2.02. The van der Waals surface area contributed by atoms with Gasteiger partial charge in [-0.05, 0) is 41.8 Å². The van der Waals surface area contributed by atoms with E-state index in [1.807, 2.05) is 6.92 Å². The van der Waals surface area contributed by atoms with Crippen molar-refractivity contribution in [1.82, 2.24) is 10.2 Å². The van der Waals surface area contributed by atoms with E-state index in [4.69, 9.17) is 0 Å². The number of carbonyl (C=O) groups is 1. The van der Waals surface area contributed by atoms with E-state index in [0.29, 0.717) is 39.8 Å². The van der Waals surface area contributed by atoms with Gasteiger partial charge in [0, 0.05) is 11.9 Å². The molecule has 9 heteroatoms. The van der Waals surface area contributed by atoms with Crippen LogP contribution >= 0.6 is 0 Å². The van der Waals surface area contributed by atoms with Crippen LogP contribution in [0.4, 0.5) is 19.0 Å². The summed E-state index contributed by atoms with van der Waals surface area (Å²) in [6, 6.07) is 9.15. The zero-order chi connectivity index (χ0) is 20.5. The molecular weight excluding hydrogens is 375 g/mol. The number of phenolic OH excluding ortho intramolecular Hbond substituents is 2. The number of phenols is 2. The molecule has 0 spiro atoms. The van der Waals surface area contributed by atoms with Crippen LogP contribution < -0.4 is 4.90 Å². The molecule has 1 heterocycles. The van der Waals surface area contributed by atoms with Gasteiger partial charge >= 0.3 is 12.1 Å². The summed E-state index contributed by atoms with van der Waals surface area (Å²) in [7, 11) is 0. The summed E-state index contributed by atoms with van der Waals surface area (Å²) in [4.78, 5) is 12.5. The first-order chi connectivity index (χ1) is 13.2. The summed E-state index contributed by atoms with van der Waals surface area (Å²) in [6.45, 7) is 1.72. The van der Waals surface area contributed by atoms with Gasteiger partial charge in [-0.25, -0.2) is 0 Å². The molecule has 3 rings (SSSR count). The van der Waals surface area contributed by atoms with Crippen molar-refractivity contribution in [2.24, 2.45) is 0 Å². The van der Waals surface area contributed by atoms with Crippen LogP contribution in [-0.2, 0) is 4.79 Å². The molecule has 0 saturated carbocycles. The number of fused-ring (bicyclic) bond motifs is 1. The van der Waals surface area contributed by atoms with Gasteiger partial charge in [0.15, 0.2) is 17.3 Å². The van der Waals surface area contributed by atoms with E-state index in [2.05, 4.69) is 10.2 Å². The summed E-state index contributed by atoms with van der Waals surface area (Å²) in [5.41, 5.74) is 1.69. The highest BCUT2D eigenvalue weighted by Gasteiger charge is 2.43. The van der Waals surface area contributed by atoms with Gasteiger partial charge in [-0.1, -0.05) is 25.5 Å². The summed E-state index contributed by atoms with van der Waals surface area (Å²) in [6.07, 6.45) is -3.97. The number of unbranched alkanes of at least 4 members (excludes halogenated alkanes) is 1. The maximum atomic E-state index is 13.0. The van der Waals surface area contributed by atoms with Gasteiger partial charge in [0.2, 0.25) is 0 Å². The lowest BCUT2D eigenvalue weighted by molar-refractivity contribution is -0.170. The Morgan fingerprint density at radius 1 is 1.11 bits per heavy atom. The minimum Gasteiger partial charge on any atom is -0.504 e. The molecule has 1 amide bonds. The van der Waals surface area contributed by atoms with Gasteiger partial charge in [0.1, 0.15) is 0 Å². The number of nitrogens with one attached hydrogen (secondary N) is 1.